The standard InChI is InChI=1S/C24H32BrClN8O.ClH/c1-17-19(14-18(26)15-20(17)35-13-3-4-32-7-5-31(2)6-8-32)33-9-11-34(12-10-33)24-21-22(25)29-30-23(21)27-16-28-24;/h14-16H,3-13H2,1-2H3,(H,27,28,29,30);1H. The second-order valence-corrected chi connectivity index (χ2v) is 10.5. The van der Waals surface area contributed by atoms with Crippen LogP contribution in [-0.2, 0) is 0 Å². The summed E-state index contributed by atoms with van der Waals surface area (Å²) in [5.74, 6) is 1.79. The van der Waals surface area contributed by atoms with Gasteiger partial charge in [-0.3, -0.25) is 5.10 Å². The fourth-order valence-corrected chi connectivity index (χ4v) is 5.52. The molecule has 0 radical (unpaired) electrons. The SMILES string of the molecule is Cc1c(OCCCN2CCN(C)CC2)cc(Cl)cc1N1CCN(c2ncnc3[nH]nc(Br)c23)CC1.Cl. The fourth-order valence-electron chi connectivity index (χ4n) is 4.87. The maximum Gasteiger partial charge on any atom is 0.161 e. The molecule has 0 spiro atoms. The summed E-state index contributed by atoms with van der Waals surface area (Å²) in [4.78, 5) is 18.4. The van der Waals surface area contributed by atoms with Crippen molar-refractivity contribution < 1.29 is 4.74 Å². The van der Waals surface area contributed by atoms with Crippen LogP contribution in [0.1, 0.15) is 12.0 Å². The minimum atomic E-state index is 0. The van der Waals surface area contributed by atoms with Crippen LogP contribution in [0.2, 0.25) is 5.02 Å². The van der Waals surface area contributed by atoms with E-state index in [0.717, 1.165) is 104 Å². The molecule has 3 aromatic rings. The van der Waals surface area contributed by atoms with E-state index in [9.17, 15) is 0 Å². The molecule has 2 aromatic heterocycles. The Morgan fingerprint density at radius 1 is 1.03 bits per heavy atom. The summed E-state index contributed by atoms with van der Waals surface area (Å²) in [6.07, 6.45) is 2.60. The van der Waals surface area contributed by atoms with Gasteiger partial charge in [-0.15, -0.1) is 12.4 Å². The van der Waals surface area contributed by atoms with Gasteiger partial charge < -0.3 is 24.3 Å². The van der Waals surface area contributed by atoms with Gasteiger partial charge in [0.1, 0.15) is 22.5 Å². The molecule has 0 bridgehead atoms. The Kier molecular flexibility index (Phi) is 9.16. The smallest absolute Gasteiger partial charge is 0.161 e. The van der Waals surface area contributed by atoms with Gasteiger partial charge in [0, 0.05) is 75.2 Å². The molecule has 2 saturated heterocycles. The molecule has 196 valence electrons. The molecule has 2 aliphatic heterocycles. The predicted molar refractivity (Wildman–Crippen MR) is 151 cm³/mol. The molecule has 0 aliphatic carbocycles. The highest BCUT2D eigenvalue weighted by Crippen LogP contribution is 2.35. The van der Waals surface area contributed by atoms with Crippen LogP contribution in [0.25, 0.3) is 11.0 Å². The maximum absolute atomic E-state index is 6.52. The van der Waals surface area contributed by atoms with Crippen LogP contribution in [0.3, 0.4) is 0 Å². The lowest BCUT2D eigenvalue weighted by atomic mass is 10.1. The number of fused-ring (bicyclic) bond motifs is 1. The van der Waals surface area contributed by atoms with E-state index in [0.29, 0.717) is 11.6 Å². The minimum absolute atomic E-state index is 0. The molecule has 2 fully saturated rings. The van der Waals surface area contributed by atoms with Crippen molar-refractivity contribution >= 4 is 62.5 Å². The van der Waals surface area contributed by atoms with Crippen LogP contribution < -0.4 is 14.5 Å². The lowest BCUT2D eigenvalue weighted by Crippen LogP contribution is -2.47. The quantitative estimate of drug-likeness (QED) is 0.411. The zero-order chi connectivity index (χ0) is 24.4. The van der Waals surface area contributed by atoms with E-state index >= 15 is 0 Å². The zero-order valence-electron chi connectivity index (χ0n) is 20.7. The maximum atomic E-state index is 6.52. The van der Waals surface area contributed by atoms with Crippen molar-refractivity contribution in [3.8, 4) is 5.75 Å². The van der Waals surface area contributed by atoms with E-state index in [-0.39, 0.29) is 12.4 Å². The van der Waals surface area contributed by atoms with E-state index < -0.39 is 0 Å². The van der Waals surface area contributed by atoms with Gasteiger partial charge in [-0.2, -0.15) is 5.10 Å². The first-order valence-electron chi connectivity index (χ1n) is 12.2. The second-order valence-electron chi connectivity index (χ2n) is 9.30. The number of rotatable bonds is 7. The zero-order valence-corrected chi connectivity index (χ0v) is 23.9. The molecule has 0 saturated carbocycles. The van der Waals surface area contributed by atoms with Gasteiger partial charge in [-0.05, 0) is 48.5 Å². The molecular formula is C24H33BrCl2N8O. The molecular weight excluding hydrogens is 567 g/mol. The largest absolute Gasteiger partial charge is 0.493 e. The van der Waals surface area contributed by atoms with Crippen LogP contribution >= 0.6 is 39.9 Å². The third-order valence-corrected chi connectivity index (χ3v) is 7.77. The van der Waals surface area contributed by atoms with E-state index in [4.69, 9.17) is 16.3 Å². The van der Waals surface area contributed by atoms with Crippen LogP contribution in [0, 0.1) is 6.92 Å². The molecule has 36 heavy (non-hydrogen) atoms. The summed E-state index contributed by atoms with van der Waals surface area (Å²) in [5.41, 5.74) is 3.03. The highest BCUT2D eigenvalue weighted by atomic mass is 79.9. The molecule has 0 atom stereocenters. The highest BCUT2D eigenvalue weighted by Gasteiger charge is 2.24. The number of hydrogen-bond donors (Lipinski definition) is 1. The number of nitrogens with one attached hydrogen (secondary N) is 1. The van der Waals surface area contributed by atoms with E-state index in [1.54, 1.807) is 6.33 Å². The average molecular weight is 600 g/mol. The van der Waals surface area contributed by atoms with Gasteiger partial charge in [0.25, 0.3) is 0 Å². The van der Waals surface area contributed by atoms with Crippen molar-refractivity contribution in [3.05, 3.63) is 33.6 Å². The van der Waals surface area contributed by atoms with Gasteiger partial charge in [0.2, 0.25) is 0 Å². The first-order valence-corrected chi connectivity index (χ1v) is 13.3. The lowest BCUT2D eigenvalue weighted by Gasteiger charge is -2.37. The summed E-state index contributed by atoms with van der Waals surface area (Å²) in [6.45, 7) is 11.9. The van der Waals surface area contributed by atoms with Gasteiger partial charge >= 0.3 is 0 Å². The van der Waals surface area contributed by atoms with Gasteiger partial charge in [-0.25, -0.2) is 9.97 Å². The van der Waals surface area contributed by atoms with Gasteiger partial charge in [0.15, 0.2) is 5.65 Å². The van der Waals surface area contributed by atoms with Gasteiger partial charge in [-0.1, -0.05) is 11.6 Å². The van der Waals surface area contributed by atoms with Crippen molar-refractivity contribution in [1.82, 2.24) is 30.0 Å². The summed E-state index contributed by atoms with van der Waals surface area (Å²) >= 11 is 10.0. The number of benzene rings is 1. The topological polar surface area (TPSA) is 76.7 Å². The number of H-pyrrole nitrogens is 1. The Morgan fingerprint density at radius 2 is 1.75 bits per heavy atom. The molecule has 1 N–H and O–H groups in total. The third kappa shape index (κ3) is 5.99. The Morgan fingerprint density at radius 3 is 2.50 bits per heavy atom. The number of anilines is 2. The highest BCUT2D eigenvalue weighted by molar-refractivity contribution is 9.10. The summed E-state index contributed by atoms with van der Waals surface area (Å²) in [5, 5.41) is 8.80. The molecule has 1 aromatic carbocycles. The third-order valence-electron chi connectivity index (χ3n) is 6.98. The monoisotopic (exact) mass is 598 g/mol. The Hall–Kier alpha value is -1.85. The second kappa shape index (κ2) is 12.1. The number of halogens is 3. The summed E-state index contributed by atoms with van der Waals surface area (Å²) < 4.78 is 6.95. The van der Waals surface area contributed by atoms with E-state index in [2.05, 4.69) is 75.7 Å². The van der Waals surface area contributed by atoms with Crippen molar-refractivity contribution in [2.45, 2.75) is 13.3 Å². The fraction of sp³-hybridized carbons (Fsp3) is 0.542. The van der Waals surface area contributed by atoms with E-state index in [1.165, 1.54) is 0 Å². The van der Waals surface area contributed by atoms with E-state index in [1.807, 2.05) is 6.07 Å². The number of nitrogens with zero attached hydrogens (tertiary/aromatic N) is 7. The number of ether oxygens (including phenoxy) is 1. The lowest BCUT2D eigenvalue weighted by molar-refractivity contribution is 0.145. The van der Waals surface area contributed by atoms with Gasteiger partial charge in [0.05, 0.1) is 12.0 Å². The first-order chi connectivity index (χ1) is 17.0. The molecule has 0 amide bonds. The minimum Gasteiger partial charge on any atom is -0.493 e. The Bertz CT molecular complexity index is 1160. The van der Waals surface area contributed by atoms with Crippen LogP contribution in [-0.4, -0.2) is 103 Å². The Labute approximate surface area is 231 Å². The van der Waals surface area contributed by atoms with Crippen LogP contribution in [0.5, 0.6) is 5.75 Å². The number of piperazine rings is 2. The predicted octanol–water partition coefficient (Wildman–Crippen LogP) is 3.84. The van der Waals surface area contributed by atoms with Crippen molar-refractivity contribution in [2.24, 2.45) is 0 Å². The van der Waals surface area contributed by atoms with Crippen LogP contribution in [0.15, 0.2) is 23.1 Å². The van der Waals surface area contributed by atoms with Crippen LogP contribution in [0.4, 0.5) is 11.5 Å². The van der Waals surface area contributed by atoms with Crippen molar-refractivity contribution in [3.63, 3.8) is 0 Å². The summed E-state index contributed by atoms with van der Waals surface area (Å²) in [7, 11) is 2.19. The first kappa shape index (κ1) is 27.2. The molecule has 12 heteroatoms. The molecule has 0 unspecified atom stereocenters. The number of aromatic nitrogens is 4. The van der Waals surface area contributed by atoms with Crippen molar-refractivity contribution in [2.75, 3.05) is 82.4 Å². The van der Waals surface area contributed by atoms with Crippen molar-refractivity contribution in [1.29, 1.82) is 0 Å². The molecule has 4 heterocycles. The molecule has 2 aliphatic rings. The molecule has 9 nitrogen and oxygen atoms in total. The Balaban J connectivity index is 0.00000304. The normalized spacial score (nSPS) is 17.4. The number of hydrogen-bond acceptors (Lipinski definition) is 8. The number of likely N-dealkylation sites (N-methyl/N-ethyl adjacent to an activating group) is 1. The number of aromatic amines is 1. The summed E-state index contributed by atoms with van der Waals surface area (Å²) in [6, 6.07) is 4.00. The average Bonchev–Trinajstić information content (AvgIpc) is 3.26. The molecule has 5 rings (SSSR count).